The van der Waals surface area contributed by atoms with Gasteiger partial charge in [-0.3, -0.25) is 4.79 Å². The monoisotopic (exact) mass is 295 g/mol. The first kappa shape index (κ1) is 13.7. The number of hydrogen-bond acceptors (Lipinski definition) is 4. The third kappa shape index (κ3) is 2.17. The fourth-order valence-corrected chi connectivity index (χ4v) is 3.29. The van der Waals surface area contributed by atoms with Crippen LogP contribution < -0.4 is 15.2 Å². The van der Waals surface area contributed by atoms with E-state index < -0.39 is 0 Å². The van der Waals surface area contributed by atoms with Crippen LogP contribution in [-0.2, 0) is 12.8 Å². The Labute approximate surface area is 123 Å². The van der Waals surface area contributed by atoms with Gasteiger partial charge in [-0.05, 0) is 32.2 Å². The van der Waals surface area contributed by atoms with E-state index in [2.05, 4.69) is 0 Å². The lowest BCUT2D eigenvalue weighted by molar-refractivity contribution is 0.0978. The van der Waals surface area contributed by atoms with E-state index in [9.17, 15) is 4.79 Å². The van der Waals surface area contributed by atoms with E-state index in [1.807, 2.05) is 0 Å². The number of halogens is 1. The first-order valence-electron chi connectivity index (χ1n) is 7.10. The Bertz CT molecular complexity index is 520. The zero-order chi connectivity index (χ0) is 14.1. The predicted octanol–water partition coefficient (Wildman–Crippen LogP) is 2.52. The molecule has 4 nitrogen and oxygen atoms in total. The van der Waals surface area contributed by atoms with Crippen LogP contribution in [0.3, 0.4) is 0 Å². The van der Waals surface area contributed by atoms with E-state index in [1.165, 1.54) is 0 Å². The second kappa shape index (κ2) is 5.62. The minimum atomic E-state index is 0.0315. The standard InChI is InChI=1S/C15H18ClNO3/c16-13-10-4-2-7-19-14(10)12(11(18)5-6-17)9-3-1-8-20-15(9)13/h1-8,17H2. The molecule has 0 bridgehead atoms. The van der Waals surface area contributed by atoms with E-state index in [0.29, 0.717) is 48.3 Å². The van der Waals surface area contributed by atoms with Gasteiger partial charge in [0.25, 0.3) is 0 Å². The summed E-state index contributed by atoms with van der Waals surface area (Å²) in [5, 5.41) is 0.624. The summed E-state index contributed by atoms with van der Waals surface area (Å²) < 4.78 is 11.5. The third-order valence-corrected chi connectivity index (χ3v) is 4.23. The van der Waals surface area contributed by atoms with Crippen molar-refractivity contribution in [1.82, 2.24) is 0 Å². The Morgan fingerprint density at radius 3 is 2.45 bits per heavy atom. The van der Waals surface area contributed by atoms with Crippen molar-refractivity contribution in [3.8, 4) is 11.5 Å². The Balaban J connectivity index is 2.21. The first-order chi connectivity index (χ1) is 9.74. The van der Waals surface area contributed by atoms with Crippen LogP contribution >= 0.6 is 11.6 Å². The third-order valence-electron chi connectivity index (χ3n) is 3.83. The number of rotatable bonds is 3. The second-order valence-electron chi connectivity index (χ2n) is 5.17. The molecule has 0 fully saturated rings. The molecular formula is C15H18ClNO3. The van der Waals surface area contributed by atoms with Crippen LogP contribution in [0.1, 0.15) is 40.7 Å². The highest BCUT2D eigenvalue weighted by atomic mass is 35.5. The minimum Gasteiger partial charge on any atom is -0.492 e. The lowest BCUT2D eigenvalue weighted by Gasteiger charge is -2.28. The Morgan fingerprint density at radius 2 is 1.75 bits per heavy atom. The molecule has 0 saturated heterocycles. The van der Waals surface area contributed by atoms with E-state index in [-0.39, 0.29) is 5.78 Å². The Kier molecular flexibility index (Phi) is 3.85. The molecule has 2 heterocycles. The number of carbonyl (C=O) groups excluding carboxylic acids is 1. The number of ether oxygens (including phenoxy) is 2. The molecule has 20 heavy (non-hydrogen) atoms. The van der Waals surface area contributed by atoms with Crippen LogP contribution in [0, 0.1) is 0 Å². The fourth-order valence-electron chi connectivity index (χ4n) is 2.94. The van der Waals surface area contributed by atoms with Crippen molar-refractivity contribution in [1.29, 1.82) is 0 Å². The van der Waals surface area contributed by atoms with Crippen LogP contribution in [-0.4, -0.2) is 25.5 Å². The molecule has 0 amide bonds. The number of benzene rings is 1. The van der Waals surface area contributed by atoms with Crippen molar-refractivity contribution >= 4 is 17.4 Å². The van der Waals surface area contributed by atoms with Crippen molar-refractivity contribution < 1.29 is 14.3 Å². The van der Waals surface area contributed by atoms with Crippen LogP contribution in [0.2, 0.25) is 5.02 Å². The van der Waals surface area contributed by atoms with Crippen molar-refractivity contribution in [3.63, 3.8) is 0 Å². The maximum atomic E-state index is 12.4. The smallest absolute Gasteiger partial charge is 0.168 e. The molecular weight excluding hydrogens is 278 g/mol. The van der Waals surface area contributed by atoms with Crippen molar-refractivity contribution in [2.45, 2.75) is 32.1 Å². The Morgan fingerprint density at radius 1 is 1.10 bits per heavy atom. The highest BCUT2D eigenvalue weighted by molar-refractivity contribution is 6.33. The lowest BCUT2D eigenvalue weighted by Crippen LogP contribution is -2.21. The van der Waals surface area contributed by atoms with Gasteiger partial charge in [-0.2, -0.15) is 0 Å². The molecule has 5 heteroatoms. The zero-order valence-corrected chi connectivity index (χ0v) is 12.1. The van der Waals surface area contributed by atoms with E-state index in [0.717, 1.165) is 36.8 Å². The molecule has 1 aromatic rings. The van der Waals surface area contributed by atoms with Crippen LogP contribution in [0.25, 0.3) is 0 Å². The van der Waals surface area contributed by atoms with Crippen LogP contribution in [0.15, 0.2) is 0 Å². The van der Waals surface area contributed by atoms with Gasteiger partial charge in [-0.25, -0.2) is 0 Å². The molecule has 0 spiro atoms. The quantitative estimate of drug-likeness (QED) is 0.871. The molecule has 1 aromatic carbocycles. The summed E-state index contributed by atoms with van der Waals surface area (Å²) in [5.74, 6) is 1.38. The van der Waals surface area contributed by atoms with Gasteiger partial charge in [0.05, 0.1) is 23.8 Å². The lowest BCUT2D eigenvalue weighted by atomic mass is 9.90. The van der Waals surface area contributed by atoms with E-state index in [1.54, 1.807) is 0 Å². The number of hydrogen-bond donors (Lipinski definition) is 1. The molecule has 3 rings (SSSR count). The second-order valence-corrected chi connectivity index (χ2v) is 5.55. The van der Waals surface area contributed by atoms with Gasteiger partial charge in [0.2, 0.25) is 0 Å². The molecule has 2 N–H and O–H groups in total. The van der Waals surface area contributed by atoms with Gasteiger partial charge < -0.3 is 15.2 Å². The SMILES string of the molecule is NCCC(=O)c1c2c(c(Cl)c3c1OCCC3)OCCC2. The zero-order valence-electron chi connectivity index (χ0n) is 11.3. The van der Waals surface area contributed by atoms with Crippen molar-refractivity contribution in [3.05, 3.63) is 21.7 Å². The summed E-state index contributed by atoms with van der Waals surface area (Å²) in [6.45, 7) is 1.62. The van der Waals surface area contributed by atoms with Crippen molar-refractivity contribution in [2.24, 2.45) is 5.73 Å². The number of fused-ring (bicyclic) bond motifs is 2. The number of carbonyl (C=O) groups is 1. The molecule has 108 valence electrons. The van der Waals surface area contributed by atoms with Gasteiger partial charge in [0.15, 0.2) is 5.78 Å². The maximum absolute atomic E-state index is 12.4. The predicted molar refractivity (Wildman–Crippen MR) is 77.1 cm³/mol. The summed E-state index contributed by atoms with van der Waals surface area (Å²) in [6, 6.07) is 0. The molecule has 0 unspecified atom stereocenters. The summed E-state index contributed by atoms with van der Waals surface area (Å²) >= 11 is 6.46. The molecule has 0 saturated carbocycles. The summed E-state index contributed by atoms with van der Waals surface area (Å²) in [5.41, 5.74) is 8.01. The molecule has 0 atom stereocenters. The molecule has 0 aromatic heterocycles. The van der Waals surface area contributed by atoms with Gasteiger partial charge in [-0.15, -0.1) is 0 Å². The number of ketones is 1. The highest BCUT2D eigenvalue weighted by Gasteiger charge is 2.31. The number of Topliss-reactive ketones (excluding diaryl/α,β-unsaturated/α-hetero) is 1. The van der Waals surface area contributed by atoms with Gasteiger partial charge in [0.1, 0.15) is 11.5 Å². The number of nitrogens with two attached hydrogens (primary N) is 1. The largest absolute Gasteiger partial charge is 0.492 e. The average molecular weight is 296 g/mol. The van der Waals surface area contributed by atoms with Crippen molar-refractivity contribution in [2.75, 3.05) is 19.8 Å². The molecule has 0 aliphatic carbocycles. The van der Waals surface area contributed by atoms with Crippen LogP contribution in [0.4, 0.5) is 0 Å². The Hall–Kier alpha value is -1.26. The summed E-state index contributed by atoms with van der Waals surface area (Å²) in [4.78, 5) is 12.4. The summed E-state index contributed by atoms with van der Waals surface area (Å²) in [6.07, 6.45) is 3.76. The van der Waals surface area contributed by atoms with Gasteiger partial charge in [-0.1, -0.05) is 11.6 Å². The fraction of sp³-hybridized carbons (Fsp3) is 0.533. The summed E-state index contributed by atoms with van der Waals surface area (Å²) in [7, 11) is 0. The molecule has 0 radical (unpaired) electrons. The van der Waals surface area contributed by atoms with Crippen LogP contribution in [0.5, 0.6) is 11.5 Å². The molecule has 2 aliphatic rings. The first-order valence-corrected chi connectivity index (χ1v) is 7.48. The van der Waals surface area contributed by atoms with E-state index >= 15 is 0 Å². The minimum absolute atomic E-state index is 0.0315. The maximum Gasteiger partial charge on any atom is 0.168 e. The van der Waals surface area contributed by atoms with Gasteiger partial charge in [0, 0.05) is 17.5 Å². The van der Waals surface area contributed by atoms with E-state index in [4.69, 9.17) is 26.8 Å². The van der Waals surface area contributed by atoms with Gasteiger partial charge >= 0.3 is 0 Å². The molecule has 2 aliphatic heterocycles. The highest BCUT2D eigenvalue weighted by Crippen LogP contribution is 2.46. The topological polar surface area (TPSA) is 61.6 Å². The normalized spacial score (nSPS) is 16.7. The average Bonchev–Trinajstić information content (AvgIpc) is 2.48.